The molecule has 4 heteroatoms. The number of hydrogen-bond acceptors (Lipinski definition) is 2. The van der Waals surface area contributed by atoms with E-state index in [0.29, 0.717) is 17.0 Å². The average molecular weight is 332 g/mol. The Morgan fingerprint density at radius 2 is 2.00 bits per heavy atom. The molecule has 0 atom stereocenters. The minimum Gasteiger partial charge on any atom is -0.299 e. The first kappa shape index (κ1) is 15.4. The third-order valence-electron chi connectivity index (χ3n) is 2.65. The molecule has 0 fully saturated rings. The first-order valence-electron chi connectivity index (χ1n) is 6.04. The summed E-state index contributed by atoms with van der Waals surface area (Å²) in [5.41, 5.74) is 0.420. The summed E-state index contributed by atoms with van der Waals surface area (Å²) in [5, 5.41) is 0.385. The molecule has 18 heavy (non-hydrogen) atoms. The van der Waals surface area contributed by atoms with Crippen LogP contribution in [-0.2, 0) is 4.79 Å². The van der Waals surface area contributed by atoms with Gasteiger partial charge in [-0.2, -0.15) is 0 Å². The average Bonchev–Trinajstić information content (AvgIpc) is 2.28. The predicted molar refractivity (Wildman–Crippen MR) is 77.2 cm³/mol. The summed E-state index contributed by atoms with van der Waals surface area (Å²) in [6.07, 6.45) is 3.38. The second-order valence-electron chi connectivity index (χ2n) is 4.22. The Kier molecular flexibility index (Phi) is 6.58. The molecule has 1 aromatic rings. The van der Waals surface area contributed by atoms with E-state index in [-0.39, 0.29) is 18.0 Å². The number of carbonyl (C=O) groups excluding carboxylic acids is 2. The number of hydrogen-bond donors (Lipinski definition) is 0. The molecule has 0 N–H and O–H groups in total. The van der Waals surface area contributed by atoms with Gasteiger partial charge in [0.15, 0.2) is 5.78 Å². The van der Waals surface area contributed by atoms with Gasteiger partial charge in [-0.1, -0.05) is 47.3 Å². The van der Waals surface area contributed by atoms with Gasteiger partial charge in [0.25, 0.3) is 0 Å². The quantitative estimate of drug-likeness (QED) is 0.407. The van der Waals surface area contributed by atoms with Crippen molar-refractivity contribution in [3.63, 3.8) is 0 Å². The smallest absolute Gasteiger partial charge is 0.171 e. The summed E-state index contributed by atoms with van der Waals surface area (Å²) in [6.45, 7) is 2.08. The standard InChI is InChI=1S/C14H16BrClO2/c1-2-3-4-5-11(17)9-14(18)12-7-6-10(15)8-13(12)16/h6-8H,2-5,9H2,1H3. The lowest BCUT2D eigenvalue weighted by atomic mass is 10.0. The molecule has 0 aliphatic heterocycles. The van der Waals surface area contributed by atoms with Crippen molar-refractivity contribution < 1.29 is 9.59 Å². The molecule has 0 unspecified atom stereocenters. The Bertz CT molecular complexity index is 443. The molecule has 0 heterocycles. The maximum absolute atomic E-state index is 11.9. The fourth-order valence-electron chi connectivity index (χ4n) is 1.65. The number of ketones is 2. The van der Waals surface area contributed by atoms with Crippen LogP contribution in [0.4, 0.5) is 0 Å². The van der Waals surface area contributed by atoms with Crippen LogP contribution < -0.4 is 0 Å². The minimum atomic E-state index is -0.200. The Morgan fingerprint density at radius 1 is 1.28 bits per heavy atom. The van der Waals surface area contributed by atoms with Crippen LogP contribution in [0.5, 0.6) is 0 Å². The third-order valence-corrected chi connectivity index (χ3v) is 3.45. The SMILES string of the molecule is CCCCCC(=O)CC(=O)c1ccc(Br)cc1Cl. The lowest BCUT2D eigenvalue weighted by Gasteiger charge is -2.04. The van der Waals surface area contributed by atoms with E-state index >= 15 is 0 Å². The van der Waals surface area contributed by atoms with Gasteiger partial charge in [-0.05, 0) is 24.6 Å². The summed E-state index contributed by atoms with van der Waals surface area (Å²) in [5.74, 6) is -0.207. The Hall–Kier alpha value is -0.670. The van der Waals surface area contributed by atoms with Crippen LogP contribution in [0.2, 0.25) is 5.02 Å². The molecule has 1 rings (SSSR count). The number of carbonyl (C=O) groups is 2. The largest absolute Gasteiger partial charge is 0.299 e. The minimum absolute atomic E-state index is 0.00700. The van der Waals surface area contributed by atoms with Gasteiger partial charge in [0.2, 0.25) is 0 Å². The number of Topliss-reactive ketones (excluding diaryl/α,β-unsaturated/α-hetero) is 2. The van der Waals surface area contributed by atoms with Gasteiger partial charge < -0.3 is 0 Å². The van der Waals surface area contributed by atoms with E-state index in [1.165, 1.54) is 0 Å². The van der Waals surface area contributed by atoms with E-state index < -0.39 is 0 Å². The number of benzene rings is 1. The van der Waals surface area contributed by atoms with Crippen molar-refractivity contribution in [2.75, 3.05) is 0 Å². The van der Waals surface area contributed by atoms with Gasteiger partial charge in [-0.3, -0.25) is 9.59 Å². The van der Waals surface area contributed by atoms with Crippen LogP contribution in [0.25, 0.3) is 0 Å². The molecule has 2 nitrogen and oxygen atoms in total. The van der Waals surface area contributed by atoms with Crippen molar-refractivity contribution >= 4 is 39.1 Å². The molecular formula is C14H16BrClO2. The summed E-state index contributed by atoms with van der Waals surface area (Å²) in [7, 11) is 0. The second-order valence-corrected chi connectivity index (χ2v) is 5.54. The molecule has 0 aliphatic rings. The van der Waals surface area contributed by atoms with Crippen LogP contribution in [-0.4, -0.2) is 11.6 Å². The molecule has 98 valence electrons. The maximum atomic E-state index is 11.9. The molecule has 0 spiro atoms. The van der Waals surface area contributed by atoms with Crippen LogP contribution in [0.15, 0.2) is 22.7 Å². The van der Waals surface area contributed by atoms with Crippen molar-refractivity contribution in [1.82, 2.24) is 0 Å². The van der Waals surface area contributed by atoms with E-state index in [2.05, 4.69) is 22.9 Å². The molecule has 0 radical (unpaired) electrons. The molecule has 0 bridgehead atoms. The highest BCUT2D eigenvalue weighted by Gasteiger charge is 2.14. The fraction of sp³-hybridized carbons (Fsp3) is 0.429. The molecule has 0 saturated heterocycles. The third kappa shape index (κ3) is 4.91. The summed E-state index contributed by atoms with van der Waals surface area (Å²) >= 11 is 9.25. The summed E-state index contributed by atoms with van der Waals surface area (Å²) in [4.78, 5) is 23.5. The Labute approximate surface area is 121 Å². The van der Waals surface area contributed by atoms with Gasteiger partial charge in [-0.25, -0.2) is 0 Å². The lowest BCUT2D eigenvalue weighted by Crippen LogP contribution is -2.08. The second kappa shape index (κ2) is 7.70. The molecular weight excluding hydrogens is 316 g/mol. The van der Waals surface area contributed by atoms with E-state index in [1.807, 2.05) is 0 Å². The van der Waals surface area contributed by atoms with Gasteiger partial charge in [0, 0.05) is 16.5 Å². The zero-order chi connectivity index (χ0) is 13.5. The normalized spacial score (nSPS) is 10.4. The Balaban J connectivity index is 2.57. The lowest BCUT2D eigenvalue weighted by molar-refractivity contribution is -0.118. The first-order valence-corrected chi connectivity index (χ1v) is 7.21. The molecule has 1 aromatic carbocycles. The highest BCUT2D eigenvalue weighted by molar-refractivity contribution is 9.10. The van der Waals surface area contributed by atoms with Gasteiger partial charge in [0.05, 0.1) is 11.4 Å². The zero-order valence-electron chi connectivity index (χ0n) is 10.3. The fourth-order valence-corrected chi connectivity index (χ4v) is 2.43. The van der Waals surface area contributed by atoms with E-state index in [4.69, 9.17) is 11.6 Å². The first-order chi connectivity index (χ1) is 8.54. The van der Waals surface area contributed by atoms with Crippen molar-refractivity contribution in [1.29, 1.82) is 0 Å². The topological polar surface area (TPSA) is 34.1 Å². The highest BCUT2D eigenvalue weighted by atomic mass is 79.9. The van der Waals surface area contributed by atoms with Crippen LogP contribution >= 0.6 is 27.5 Å². The van der Waals surface area contributed by atoms with Crippen LogP contribution in [0.3, 0.4) is 0 Å². The van der Waals surface area contributed by atoms with Crippen molar-refractivity contribution in [3.05, 3.63) is 33.3 Å². The maximum Gasteiger partial charge on any atom is 0.171 e. The molecule has 0 aromatic heterocycles. The van der Waals surface area contributed by atoms with Gasteiger partial charge >= 0.3 is 0 Å². The summed E-state index contributed by atoms with van der Waals surface area (Å²) < 4.78 is 0.818. The van der Waals surface area contributed by atoms with Gasteiger partial charge in [-0.15, -0.1) is 0 Å². The zero-order valence-corrected chi connectivity index (χ0v) is 12.7. The van der Waals surface area contributed by atoms with Crippen LogP contribution in [0.1, 0.15) is 49.4 Å². The predicted octanol–water partition coefficient (Wildman–Crippen LogP) is 4.82. The van der Waals surface area contributed by atoms with E-state index in [1.54, 1.807) is 18.2 Å². The van der Waals surface area contributed by atoms with Crippen molar-refractivity contribution in [2.45, 2.75) is 39.0 Å². The van der Waals surface area contributed by atoms with Gasteiger partial charge in [0.1, 0.15) is 5.78 Å². The number of rotatable bonds is 7. The molecule has 0 saturated carbocycles. The number of unbranched alkanes of at least 4 members (excludes halogenated alkanes) is 2. The van der Waals surface area contributed by atoms with Crippen molar-refractivity contribution in [2.24, 2.45) is 0 Å². The van der Waals surface area contributed by atoms with E-state index in [9.17, 15) is 9.59 Å². The molecule has 0 aliphatic carbocycles. The monoisotopic (exact) mass is 330 g/mol. The van der Waals surface area contributed by atoms with Crippen molar-refractivity contribution in [3.8, 4) is 0 Å². The van der Waals surface area contributed by atoms with E-state index in [0.717, 1.165) is 23.7 Å². The highest BCUT2D eigenvalue weighted by Crippen LogP contribution is 2.22. The number of halogens is 2. The molecule has 0 amide bonds. The van der Waals surface area contributed by atoms with Crippen LogP contribution in [0, 0.1) is 0 Å². The Morgan fingerprint density at radius 3 is 2.61 bits per heavy atom. The summed E-state index contributed by atoms with van der Waals surface area (Å²) in [6, 6.07) is 5.06.